The van der Waals surface area contributed by atoms with Gasteiger partial charge >= 0.3 is 0 Å². The SMILES string of the molecule is Cn1ccc2c3ccccc3n(C)c2c1=O. The Labute approximate surface area is 92.5 Å². The Kier molecular flexibility index (Phi) is 1.72. The number of hydrogen-bond acceptors (Lipinski definition) is 1. The van der Waals surface area contributed by atoms with Crippen LogP contribution in [0.25, 0.3) is 21.8 Å². The van der Waals surface area contributed by atoms with Gasteiger partial charge in [0.2, 0.25) is 0 Å². The van der Waals surface area contributed by atoms with Crippen LogP contribution in [0.5, 0.6) is 0 Å². The maximum absolute atomic E-state index is 12.1. The molecule has 2 aromatic heterocycles. The van der Waals surface area contributed by atoms with E-state index in [0.29, 0.717) is 0 Å². The highest BCUT2D eigenvalue weighted by Crippen LogP contribution is 2.24. The molecule has 80 valence electrons. The fourth-order valence-corrected chi connectivity index (χ4v) is 2.27. The van der Waals surface area contributed by atoms with Gasteiger partial charge in [-0.15, -0.1) is 0 Å². The van der Waals surface area contributed by atoms with Crippen molar-refractivity contribution in [3.8, 4) is 0 Å². The fourth-order valence-electron chi connectivity index (χ4n) is 2.27. The molecule has 0 fully saturated rings. The predicted molar refractivity (Wildman–Crippen MR) is 65.7 cm³/mol. The van der Waals surface area contributed by atoms with Gasteiger partial charge in [-0.05, 0) is 12.1 Å². The molecule has 0 radical (unpaired) electrons. The lowest BCUT2D eigenvalue weighted by molar-refractivity contribution is 0.858. The largest absolute Gasteiger partial charge is 0.339 e. The number of aromatic nitrogens is 2. The zero-order chi connectivity index (χ0) is 11.3. The monoisotopic (exact) mass is 212 g/mol. The highest BCUT2D eigenvalue weighted by molar-refractivity contribution is 6.07. The quantitative estimate of drug-likeness (QED) is 0.560. The summed E-state index contributed by atoms with van der Waals surface area (Å²) < 4.78 is 3.58. The van der Waals surface area contributed by atoms with Crippen molar-refractivity contribution in [2.75, 3.05) is 0 Å². The van der Waals surface area contributed by atoms with E-state index in [1.54, 1.807) is 11.6 Å². The zero-order valence-electron chi connectivity index (χ0n) is 9.27. The van der Waals surface area contributed by atoms with Crippen LogP contribution >= 0.6 is 0 Å². The van der Waals surface area contributed by atoms with E-state index in [2.05, 4.69) is 6.07 Å². The topological polar surface area (TPSA) is 26.9 Å². The molecule has 3 nitrogen and oxygen atoms in total. The lowest BCUT2D eigenvalue weighted by atomic mass is 10.2. The van der Waals surface area contributed by atoms with E-state index < -0.39 is 0 Å². The van der Waals surface area contributed by atoms with Crippen molar-refractivity contribution in [1.29, 1.82) is 0 Å². The summed E-state index contributed by atoms with van der Waals surface area (Å²) in [6.45, 7) is 0. The van der Waals surface area contributed by atoms with Gasteiger partial charge in [-0.25, -0.2) is 0 Å². The maximum atomic E-state index is 12.1. The first-order valence-corrected chi connectivity index (χ1v) is 5.23. The molecule has 0 spiro atoms. The van der Waals surface area contributed by atoms with Gasteiger partial charge in [-0.1, -0.05) is 18.2 Å². The Hall–Kier alpha value is -2.03. The molecule has 3 rings (SSSR count). The Balaban J connectivity index is 2.73. The molecule has 3 heteroatoms. The number of fused-ring (bicyclic) bond motifs is 3. The van der Waals surface area contributed by atoms with Crippen LogP contribution in [0, 0.1) is 0 Å². The third-order valence-electron chi connectivity index (χ3n) is 3.13. The molecule has 0 N–H and O–H groups in total. The van der Waals surface area contributed by atoms with Crippen molar-refractivity contribution in [3.05, 3.63) is 46.9 Å². The lowest BCUT2D eigenvalue weighted by Crippen LogP contribution is -2.17. The summed E-state index contributed by atoms with van der Waals surface area (Å²) in [5.74, 6) is 0. The smallest absolute Gasteiger partial charge is 0.274 e. The summed E-state index contributed by atoms with van der Waals surface area (Å²) >= 11 is 0. The van der Waals surface area contributed by atoms with E-state index in [4.69, 9.17) is 0 Å². The number of hydrogen-bond donors (Lipinski definition) is 0. The van der Waals surface area contributed by atoms with Crippen molar-refractivity contribution in [2.24, 2.45) is 14.1 Å². The summed E-state index contributed by atoms with van der Waals surface area (Å²) in [6, 6.07) is 10.1. The molecular formula is C13H12N2O. The van der Waals surface area contributed by atoms with E-state index in [0.717, 1.165) is 21.8 Å². The van der Waals surface area contributed by atoms with E-state index >= 15 is 0 Å². The Morgan fingerprint density at radius 2 is 1.75 bits per heavy atom. The molecule has 0 unspecified atom stereocenters. The maximum Gasteiger partial charge on any atom is 0.274 e. The second kappa shape index (κ2) is 2.98. The second-order valence-electron chi connectivity index (χ2n) is 4.07. The molecule has 3 aromatic rings. The molecule has 0 bridgehead atoms. The van der Waals surface area contributed by atoms with Crippen LogP contribution in [0.4, 0.5) is 0 Å². The lowest BCUT2D eigenvalue weighted by Gasteiger charge is -1.99. The van der Waals surface area contributed by atoms with Gasteiger partial charge in [0, 0.05) is 36.6 Å². The van der Waals surface area contributed by atoms with E-state index in [-0.39, 0.29) is 5.56 Å². The minimum absolute atomic E-state index is 0.0520. The third kappa shape index (κ3) is 0.999. The molecule has 0 saturated carbocycles. The van der Waals surface area contributed by atoms with Gasteiger partial charge in [-0.3, -0.25) is 4.79 Å². The van der Waals surface area contributed by atoms with Crippen molar-refractivity contribution < 1.29 is 0 Å². The van der Waals surface area contributed by atoms with Gasteiger partial charge in [0.15, 0.2) is 0 Å². The van der Waals surface area contributed by atoms with E-state index in [9.17, 15) is 4.79 Å². The highest BCUT2D eigenvalue weighted by atomic mass is 16.1. The first-order chi connectivity index (χ1) is 7.70. The average Bonchev–Trinajstić information content (AvgIpc) is 2.59. The molecule has 0 atom stereocenters. The minimum Gasteiger partial charge on any atom is -0.339 e. The van der Waals surface area contributed by atoms with Gasteiger partial charge < -0.3 is 9.13 Å². The van der Waals surface area contributed by atoms with Crippen LogP contribution in [-0.2, 0) is 14.1 Å². The number of aryl methyl sites for hydroxylation is 2. The van der Waals surface area contributed by atoms with Crippen LogP contribution in [0.2, 0.25) is 0 Å². The number of nitrogens with zero attached hydrogens (tertiary/aromatic N) is 2. The first kappa shape index (κ1) is 9.21. The summed E-state index contributed by atoms with van der Waals surface area (Å²) in [7, 11) is 3.71. The van der Waals surface area contributed by atoms with Crippen molar-refractivity contribution in [2.45, 2.75) is 0 Å². The van der Waals surface area contributed by atoms with E-state index in [1.807, 2.05) is 42.1 Å². The van der Waals surface area contributed by atoms with Crippen molar-refractivity contribution in [3.63, 3.8) is 0 Å². The zero-order valence-corrected chi connectivity index (χ0v) is 9.27. The molecule has 1 aromatic carbocycles. The van der Waals surface area contributed by atoms with Gasteiger partial charge in [0.05, 0.1) is 0 Å². The van der Waals surface area contributed by atoms with Crippen molar-refractivity contribution in [1.82, 2.24) is 9.13 Å². The van der Waals surface area contributed by atoms with Crippen LogP contribution < -0.4 is 5.56 Å². The minimum atomic E-state index is 0.0520. The summed E-state index contributed by atoms with van der Waals surface area (Å²) in [6.07, 6.45) is 1.82. The van der Waals surface area contributed by atoms with Crippen LogP contribution in [0.1, 0.15) is 0 Å². The molecule has 0 amide bonds. The fraction of sp³-hybridized carbons (Fsp3) is 0.154. The Bertz CT molecular complexity index is 750. The number of pyridine rings is 1. The van der Waals surface area contributed by atoms with Crippen LogP contribution in [-0.4, -0.2) is 9.13 Å². The predicted octanol–water partition coefficient (Wildman–Crippen LogP) is 2.03. The van der Waals surface area contributed by atoms with Gasteiger partial charge in [0.25, 0.3) is 5.56 Å². The van der Waals surface area contributed by atoms with E-state index in [1.165, 1.54) is 0 Å². The highest BCUT2D eigenvalue weighted by Gasteiger charge is 2.10. The van der Waals surface area contributed by atoms with Gasteiger partial charge in [0.1, 0.15) is 5.52 Å². The molecule has 0 aliphatic carbocycles. The Morgan fingerprint density at radius 1 is 1.00 bits per heavy atom. The number of para-hydroxylation sites is 1. The van der Waals surface area contributed by atoms with Crippen LogP contribution in [0.15, 0.2) is 41.3 Å². The molecular weight excluding hydrogens is 200 g/mol. The Morgan fingerprint density at radius 3 is 2.56 bits per heavy atom. The standard InChI is InChI=1S/C13H12N2O/c1-14-8-7-10-9-5-3-4-6-11(9)15(2)12(10)13(14)16/h3-8H,1-2H3. The summed E-state index contributed by atoms with van der Waals surface area (Å²) in [4.78, 5) is 12.1. The normalized spacial score (nSPS) is 11.4. The van der Waals surface area contributed by atoms with Gasteiger partial charge in [-0.2, -0.15) is 0 Å². The first-order valence-electron chi connectivity index (χ1n) is 5.23. The van der Waals surface area contributed by atoms with Crippen LogP contribution in [0.3, 0.4) is 0 Å². The second-order valence-corrected chi connectivity index (χ2v) is 4.07. The van der Waals surface area contributed by atoms with Crippen molar-refractivity contribution >= 4 is 21.8 Å². The number of benzene rings is 1. The number of rotatable bonds is 0. The third-order valence-corrected chi connectivity index (χ3v) is 3.13. The molecule has 0 saturated heterocycles. The summed E-state index contributed by atoms with van der Waals surface area (Å²) in [5.41, 5.74) is 1.92. The average molecular weight is 212 g/mol. The molecule has 16 heavy (non-hydrogen) atoms. The molecule has 2 heterocycles. The molecule has 0 aliphatic rings. The summed E-state index contributed by atoms with van der Waals surface area (Å²) in [5, 5.41) is 2.17. The molecule has 0 aliphatic heterocycles.